The van der Waals surface area contributed by atoms with Crippen molar-refractivity contribution in [1.82, 2.24) is 0 Å². The van der Waals surface area contributed by atoms with Crippen LogP contribution in [0.4, 0.5) is 0 Å². The Bertz CT molecular complexity index is 571. The molecule has 18 heavy (non-hydrogen) atoms. The van der Waals surface area contributed by atoms with Crippen LogP contribution in [0.3, 0.4) is 0 Å². The predicted octanol–water partition coefficient (Wildman–Crippen LogP) is 6.26. The maximum Gasteiger partial charge on any atom is 0.123 e. The van der Waals surface area contributed by atoms with E-state index in [-0.39, 0.29) is 5.38 Å². The van der Waals surface area contributed by atoms with Gasteiger partial charge in [0.05, 0.1) is 20.1 Å². The molecule has 1 aromatic carbocycles. The molecule has 2 rings (SSSR count). The molecule has 96 valence electrons. The third kappa shape index (κ3) is 3.05. The Morgan fingerprint density at radius 1 is 1.22 bits per heavy atom. The third-order valence-corrected chi connectivity index (χ3v) is 5.51. The van der Waals surface area contributed by atoms with Crippen LogP contribution in [0.2, 0.25) is 5.02 Å². The Kier molecular flexibility index (Phi) is 5.00. The Morgan fingerprint density at radius 3 is 2.50 bits per heavy atom. The lowest BCUT2D eigenvalue weighted by molar-refractivity contribution is 0.410. The predicted molar refractivity (Wildman–Crippen MR) is 85.4 cm³/mol. The summed E-state index contributed by atoms with van der Waals surface area (Å²) in [5.41, 5.74) is 1.85. The van der Waals surface area contributed by atoms with Crippen molar-refractivity contribution in [3.05, 3.63) is 48.0 Å². The molecule has 0 saturated carbocycles. The molecule has 1 atom stereocenters. The number of thiophene rings is 1. The van der Waals surface area contributed by atoms with Crippen molar-refractivity contribution < 1.29 is 4.74 Å². The zero-order valence-electron chi connectivity index (χ0n) is 9.22. The number of hydrogen-bond acceptors (Lipinski definition) is 2. The highest BCUT2D eigenvalue weighted by atomic mass is 79.9. The van der Waals surface area contributed by atoms with Gasteiger partial charge in [-0.2, -0.15) is 0 Å². The van der Waals surface area contributed by atoms with Crippen molar-refractivity contribution in [1.29, 1.82) is 0 Å². The lowest BCUT2D eigenvalue weighted by Gasteiger charge is -2.14. The summed E-state index contributed by atoms with van der Waals surface area (Å²) in [6, 6.07) is 7.43. The molecule has 0 bridgehead atoms. The molecule has 2 aromatic rings. The van der Waals surface area contributed by atoms with Crippen LogP contribution in [0.5, 0.6) is 5.75 Å². The lowest BCUT2D eigenvalue weighted by Crippen LogP contribution is -1.97. The van der Waals surface area contributed by atoms with Gasteiger partial charge in [0.15, 0.2) is 0 Å². The first-order valence-electron chi connectivity index (χ1n) is 4.95. The number of hydrogen-bond donors (Lipinski definition) is 0. The van der Waals surface area contributed by atoms with Crippen molar-refractivity contribution in [2.45, 2.75) is 5.38 Å². The molecule has 0 fully saturated rings. The van der Waals surface area contributed by atoms with Crippen LogP contribution in [0.1, 0.15) is 16.5 Å². The highest BCUT2D eigenvalue weighted by molar-refractivity contribution is 9.12. The maximum absolute atomic E-state index is 6.52. The summed E-state index contributed by atoms with van der Waals surface area (Å²) >= 11 is 21.1. The number of benzene rings is 1. The average molecular weight is 431 g/mol. The summed E-state index contributed by atoms with van der Waals surface area (Å²) in [5, 5.41) is 0.331. The fraction of sp³-hybridized carbons (Fsp3) is 0.167. The van der Waals surface area contributed by atoms with Crippen molar-refractivity contribution in [3.63, 3.8) is 0 Å². The van der Waals surface area contributed by atoms with E-state index in [4.69, 9.17) is 27.9 Å². The molecule has 0 spiro atoms. The molecule has 0 aliphatic carbocycles. The van der Waals surface area contributed by atoms with Crippen molar-refractivity contribution >= 4 is 66.4 Å². The Morgan fingerprint density at radius 2 is 1.94 bits per heavy atom. The second-order valence-corrected chi connectivity index (χ2v) is 8.15. The molecule has 6 heteroatoms. The van der Waals surface area contributed by atoms with Crippen molar-refractivity contribution in [2.75, 3.05) is 7.11 Å². The van der Waals surface area contributed by atoms with E-state index in [1.54, 1.807) is 24.5 Å². The third-order valence-electron chi connectivity index (χ3n) is 2.42. The van der Waals surface area contributed by atoms with E-state index in [1.165, 1.54) is 0 Å². The molecule has 1 aromatic heterocycles. The van der Waals surface area contributed by atoms with Crippen LogP contribution in [0.15, 0.2) is 31.8 Å². The first-order valence-corrected chi connectivity index (χ1v) is 8.17. The molecule has 0 aliphatic heterocycles. The topological polar surface area (TPSA) is 9.23 Å². The highest BCUT2D eigenvalue weighted by Crippen LogP contribution is 2.43. The Hall–Kier alpha value is 0.260. The van der Waals surface area contributed by atoms with Gasteiger partial charge < -0.3 is 4.74 Å². The second kappa shape index (κ2) is 6.14. The minimum Gasteiger partial charge on any atom is -0.496 e. The van der Waals surface area contributed by atoms with Crippen LogP contribution in [0, 0.1) is 0 Å². The summed E-state index contributed by atoms with van der Waals surface area (Å²) in [7, 11) is 1.62. The molecule has 0 amide bonds. The molecule has 1 heterocycles. The van der Waals surface area contributed by atoms with Gasteiger partial charge in [0.2, 0.25) is 0 Å². The average Bonchev–Trinajstić information content (AvgIpc) is 2.67. The smallest absolute Gasteiger partial charge is 0.123 e. The van der Waals surface area contributed by atoms with Crippen LogP contribution < -0.4 is 4.74 Å². The van der Waals surface area contributed by atoms with Gasteiger partial charge in [-0.3, -0.25) is 0 Å². The standard InChI is InChI=1S/C12H8Br2Cl2OS/c1-17-9-3-2-6(15)4-7(9)11(16)8-5-10(13)18-12(8)14/h2-5,11H,1H3. The van der Waals surface area contributed by atoms with Crippen LogP contribution in [0.25, 0.3) is 0 Å². The molecule has 1 nitrogen and oxygen atoms in total. The first-order chi connectivity index (χ1) is 8.52. The van der Waals surface area contributed by atoms with E-state index in [0.29, 0.717) is 5.02 Å². The number of alkyl halides is 1. The van der Waals surface area contributed by atoms with Gasteiger partial charge in [-0.1, -0.05) is 11.6 Å². The van der Waals surface area contributed by atoms with Gasteiger partial charge in [0, 0.05) is 16.1 Å². The quantitative estimate of drug-likeness (QED) is 0.522. The summed E-state index contributed by atoms with van der Waals surface area (Å²) in [6.45, 7) is 0. The number of methoxy groups -OCH3 is 1. The zero-order chi connectivity index (χ0) is 13.3. The highest BCUT2D eigenvalue weighted by Gasteiger charge is 2.20. The van der Waals surface area contributed by atoms with Crippen LogP contribution >= 0.6 is 66.4 Å². The molecular weight excluding hydrogens is 423 g/mol. The largest absolute Gasteiger partial charge is 0.496 e. The summed E-state index contributed by atoms with van der Waals surface area (Å²) in [4.78, 5) is 0. The van der Waals surface area contributed by atoms with E-state index in [1.807, 2.05) is 18.2 Å². The Labute approximate surface area is 136 Å². The van der Waals surface area contributed by atoms with Crippen molar-refractivity contribution in [3.8, 4) is 5.75 Å². The number of halogens is 4. The second-order valence-electron chi connectivity index (χ2n) is 3.53. The molecule has 0 radical (unpaired) electrons. The molecule has 1 unspecified atom stereocenters. The van der Waals surface area contributed by atoms with Gasteiger partial charge in [-0.25, -0.2) is 0 Å². The summed E-state index contributed by atoms with van der Waals surface area (Å²) < 4.78 is 7.34. The van der Waals surface area contributed by atoms with Crippen molar-refractivity contribution in [2.24, 2.45) is 0 Å². The number of ether oxygens (including phenoxy) is 1. The molecular formula is C12H8Br2Cl2OS. The fourth-order valence-electron chi connectivity index (χ4n) is 1.60. The first kappa shape index (κ1) is 14.7. The van der Waals surface area contributed by atoms with Gasteiger partial charge in [-0.05, 0) is 56.1 Å². The van der Waals surface area contributed by atoms with Crippen LogP contribution in [-0.2, 0) is 0 Å². The monoisotopic (exact) mass is 428 g/mol. The van der Waals surface area contributed by atoms with Gasteiger partial charge >= 0.3 is 0 Å². The summed E-state index contributed by atoms with van der Waals surface area (Å²) in [6.07, 6.45) is 0. The van der Waals surface area contributed by atoms with E-state index >= 15 is 0 Å². The zero-order valence-corrected chi connectivity index (χ0v) is 14.7. The fourth-order valence-corrected chi connectivity index (χ4v) is 5.22. The SMILES string of the molecule is COc1ccc(Cl)cc1C(Cl)c1cc(Br)sc1Br. The molecule has 0 saturated heterocycles. The summed E-state index contributed by atoms with van der Waals surface area (Å²) in [5.74, 6) is 0.730. The minimum absolute atomic E-state index is 0.310. The normalized spacial score (nSPS) is 12.5. The van der Waals surface area contributed by atoms with Gasteiger partial charge in [0.25, 0.3) is 0 Å². The maximum atomic E-state index is 6.52. The van der Waals surface area contributed by atoms with Gasteiger partial charge in [-0.15, -0.1) is 22.9 Å². The lowest BCUT2D eigenvalue weighted by atomic mass is 10.1. The van der Waals surface area contributed by atoms with E-state index < -0.39 is 0 Å². The van der Waals surface area contributed by atoms with Gasteiger partial charge in [0.1, 0.15) is 5.75 Å². The number of rotatable bonds is 3. The minimum atomic E-state index is -0.310. The molecule has 0 aliphatic rings. The van der Waals surface area contributed by atoms with E-state index in [2.05, 4.69) is 31.9 Å². The Balaban J connectivity index is 2.48. The van der Waals surface area contributed by atoms with E-state index in [9.17, 15) is 0 Å². The molecule has 0 N–H and O–H groups in total. The van der Waals surface area contributed by atoms with Crippen LogP contribution in [-0.4, -0.2) is 7.11 Å². The van der Waals surface area contributed by atoms with E-state index in [0.717, 1.165) is 24.4 Å².